The molecule has 1 fully saturated rings. The monoisotopic (exact) mass is 445 g/mol. The number of aromatic nitrogens is 2. The van der Waals surface area contributed by atoms with Gasteiger partial charge in [-0.25, -0.2) is 9.78 Å². The quantitative estimate of drug-likeness (QED) is 0.568. The van der Waals surface area contributed by atoms with Gasteiger partial charge in [0.1, 0.15) is 5.82 Å². The SMILES string of the molecule is COC(=O)c1ccc2c(=O)[nH]c(CN(C3CC3)C(C)c3cccc(C(F)(F)F)c3)nc2c1. The van der Waals surface area contributed by atoms with Gasteiger partial charge in [0.2, 0.25) is 0 Å². The minimum absolute atomic E-state index is 0.196. The van der Waals surface area contributed by atoms with Crippen molar-refractivity contribution in [3.05, 3.63) is 75.3 Å². The Hall–Kier alpha value is -3.20. The number of hydrogen-bond acceptors (Lipinski definition) is 5. The topological polar surface area (TPSA) is 75.3 Å². The van der Waals surface area contributed by atoms with Crippen LogP contribution in [0, 0.1) is 0 Å². The molecule has 2 aromatic carbocycles. The highest BCUT2D eigenvalue weighted by Crippen LogP contribution is 2.37. The fourth-order valence-corrected chi connectivity index (χ4v) is 3.84. The average molecular weight is 445 g/mol. The number of rotatable bonds is 6. The van der Waals surface area contributed by atoms with Crippen LogP contribution in [0.4, 0.5) is 13.2 Å². The fourth-order valence-electron chi connectivity index (χ4n) is 3.84. The number of methoxy groups -OCH3 is 1. The Labute approximate surface area is 182 Å². The molecule has 1 aromatic heterocycles. The zero-order valence-electron chi connectivity index (χ0n) is 17.6. The maximum atomic E-state index is 13.2. The average Bonchev–Trinajstić information content (AvgIpc) is 3.61. The standard InChI is InChI=1S/C23H22F3N3O3/c1-13(14-4-3-5-16(10-14)23(24,25)26)29(17-7-8-17)12-20-27-19-11-15(22(31)32-2)6-9-18(19)21(30)28-20/h3-6,9-11,13,17H,7-8,12H2,1-2H3,(H,27,28,30). The van der Waals surface area contributed by atoms with E-state index in [0.29, 0.717) is 22.3 Å². The molecule has 0 bridgehead atoms. The summed E-state index contributed by atoms with van der Waals surface area (Å²) < 4.78 is 44.2. The minimum Gasteiger partial charge on any atom is -0.465 e. The second-order valence-electron chi connectivity index (χ2n) is 7.94. The van der Waals surface area contributed by atoms with Crippen molar-refractivity contribution in [1.82, 2.24) is 14.9 Å². The highest BCUT2D eigenvalue weighted by atomic mass is 19.4. The summed E-state index contributed by atoms with van der Waals surface area (Å²) in [5, 5.41) is 0.338. The zero-order valence-corrected chi connectivity index (χ0v) is 17.6. The van der Waals surface area contributed by atoms with Crippen LogP contribution in [0.2, 0.25) is 0 Å². The maximum absolute atomic E-state index is 13.2. The maximum Gasteiger partial charge on any atom is 0.416 e. The Morgan fingerprint density at radius 2 is 2.00 bits per heavy atom. The number of carbonyl (C=O) groups excluding carboxylic acids is 1. The number of halogens is 3. The van der Waals surface area contributed by atoms with Crippen LogP contribution in [0.3, 0.4) is 0 Å². The summed E-state index contributed by atoms with van der Waals surface area (Å²) in [6, 6.07) is 9.70. The highest BCUT2D eigenvalue weighted by Gasteiger charge is 2.35. The van der Waals surface area contributed by atoms with Gasteiger partial charge in [0.25, 0.3) is 5.56 Å². The molecule has 1 heterocycles. The number of alkyl halides is 3. The molecule has 6 nitrogen and oxygen atoms in total. The zero-order chi connectivity index (χ0) is 23.0. The van der Waals surface area contributed by atoms with Crippen LogP contribution < -0.4 is 5.56 Å². The summed E-state index contributed by atoms with van der Waals surface area (Å²) in [6.45, 7) is 2.11. The van der Waals surface area contributed by atoms with Crippen molar-refractivity contribution in [1.29, 1.82) is 0 Å². The molecule has 1 aliphatic rings. The van der Waals surface area contributed by atoms with E-state index in [1.165, 1.54) is 37.4 Å². The molecule has 0 spiro atoms. The molecular formula is C23H22F3N3O3. The van der Waals surface area contributed by atoms with E-state index >= 15 is 0 Å². The number of esters is 1. The van der Waals surface area contributed by atoms with Crippen LogP contribution in [0.1, 0.15) is 53.1 Å². The third-order valence-corrected chi connectivity index (χ3v) is 5.72. The molecule has 0 aliphatic heterocycles. The number of hydrogen-bond donors (Lipinski definition) is 1. The summed E-state index contributed by atoms with van der Waals surface area (Å²) in [5.74, 6) is -0.149. The lowest BCUT2D eigenvalue weighted by Crippen LogP contribution is -2.31. The van der Waals surface area contributed by atoms with Gasteiger partial charge >= 0.3 is 12.1 Å². The molecule has 168 valence electrons. The van der Waals surface area contributed by atoms with Gasteiger partial charge < -0.3 is 9.72 Å². The lowest BCUT2D eigenvalue weighted by atomic mass is 10.0. The first kappa shape index (κ1) is 22.0. The van der Waals surface area contributed by atoms with Crippen LogP contribution in [0.15, 0.2) is 47.3 Å². The van der Waals surface area contributed by atoms with Gasteiger partial charge in [-0.3, -0.25) is 9.69 Å². The molecule has 4 rings (SSSR count). The van der Waals surface area contributed by atoms with Crippen LogP contribution in [0.5, 0.6) is 0 Å². The summed E-state index contributed by atoms with van der Waals surface area (Å²) in [7, 11) is 1.27. The smallest absolute Gasteiger partial charge is 0.416 e. The van der Waals surface area contributed by atoms with Crippen LogP contribution in [-0.2, 0) is 17.5 Å². The molecule has 1 atom stereocenters. The van der Waals surface area contributed by atoms with Crippen molar-refractivity contribution in [2.75, 3.05) is 7.11 Å². The van der Waals surface area contributed by atoms with E-state index in [1.807, 2.05) is 11.8 Å². The van der Waals surface area contributed by atoms with E-state index in [-0.39, 0.29) is 29.8 Å². The third kappa shape index (κ3) is 4.52. The Bertz CT molecular complexity index is 1220. The molecule has 1 unspecified atom stereocenters. The lowest BCUT2D eigenvalue weighted by Gasteiger charge is -2.29. The van der Waals surface area contributed by atoms with E-state index in [9.17, 15) is 22.8 Å². The lowest BCUT2D eigenvalue weighted by molar-refractivity contribution is -0.137. The van der Waals surface area contributed by atoms with E-state index in [0.717, 1.165) is 18.9 Å². The van der Waals surface area contributed by atoms with E-state index in [2.05, 4.69) is 9.97 Å². The molecule has 1 saturated carbocycles. The number of benzene rings is 2. The number of nitrogens with zero attached hydrogens (tertiary/aromatic N) is 2. The largest absolute Gasteiger partial charge is 0.465 e. The number of carbonyl (C=O) groups is 1. The highest BCUT2D eigenvalue weighted by molar-refractivity contribution is 5.93. The predicted octanol–water partition coefficient (Wildman–Crippen LogP) is 4.45. The van der Waals surface area contributed by atoms with Crippen molar-refractivity contribution in [2.24, 2.45) is 0 Å². The summed E-state index contributed by atoms with van der Waals surface area (Å²) >= 11 is 0. The number of aromatic amines is 1. The Morgan fingerprint density at radius 1 is 1.25 bits per heavy atom. The van der Waals surface area contributed by atoms with Gasteiger partial charge in [0.15, 0.2) is 0 Å². The van der Waals surface area contributed by atoms with Crippen LogP contribution in [-0.4, -0.2) is 34.0 Å². The summed E-state index contributed by atoms with van der Waals surface area (Å²) in [4.78, 5) is 33.7. The minimum atomic E-state index is -4.41. The predicted molar refractivity (Wildman–Crippen MR) is 112 cm³/mol. The number of nitrogens with one attached hydrogen (secondary N) is 1. The van der Waals surface area contributed by atoms with Gasteiger partial charge in [-0.2, -0.15) is 13.2 Å². The van der Waals surface area contributed by atoms with Gasteiger partial charge in [-0.15, -0.1) is 0 Å². The second-order valence-corrected chi connectivity index (χ2v) is 7.94. The fraction of sp³-hybridized carbons (Fsp3) is 0.348. The van der Waals surface area contributed by atoms with E-state index in [4.69, 9.17) is 4.74 Å². The molecule has 1 N–H and O–H groups in total. The number of fused-ring (bicyclic) bond motifs is 1. The van der Waals surface area contributed by atoms with Crippen molar-refractivity contribution >= 4 is 16.9 Å². The second kappa shape index (κ2) is 8.38. The van der Waals surface area contributed by atoms with Gasteiger partial charge in [-0.1, -0.05) is 12.1 Å². The molecule has 9 heteroatoms. The van der Waals surface area contributed by atoms with Crippen molar-refractivity contribution in [2.45, 2.75) is 44.6 Å². The third-order valence-electron chi connectivity index (χ3n) is 5.72. The van der Waals surface area contributed by atoms with E-state index in [1.54, 1.807) is 6.07 Å². The first-order valence-corrected chi connectivity index (χ1v) is 10.2. The van der Waals surface area contributed by atoms with Crippen LogP contribution in [0.25, 0.3) is 10.9 Å². The molecule has 32 heavy (non-hydrogen) atoms. The van der Waals surface area contributed by atoms with Crippen molar-refractivity contribution < 1.29 is 22.7 Å². The van der Waals surface area contributed by atoms with Gasteiger partial charge in [-0.05, 0) is 55.7 Å². The molecule has 0 saturated heterocycles. The van der Waals surface area contributed by atoms with Gasteiger partial charge in [0, 0.05) is 12.1 Å². The number of ether oxygens (including phenoxy) is 1. The van der Waals surface area contributed by atoms with E-state index < -0.39 is 17.7 Å². The Morgan fingerprint density at radius 3 is 2.66 bits per heavy atom. The first-order chi connectivity index (χ1) is 15.2. The molecule has 3 aromatic rings. The van der Waals surface area contributed by atoms with Gasteiger partial charge in [0.05, 0.1) is 35.7 Å². The molecular weight excluding hydrogens is 423 g/mol. The Kier molecular flexibility index (Phi) is 5.77. The van der Waals surface area contributed by atoms with Crippen molar-refractivity contribution in [3.8, 4) is 0 Å². The Balaban J connectivity index is 1.66. The van der Waals surface area contributed by atoms with Crippen molar-refractivity contribution in [3.63, 3.8) is 0 Å². The normalized spacial score (nSPS) is 15.2. The number of H-pyrrole nitrogens is 1. The van der Waals surface area contributed by atoms with Crippen LogP contribution >= 0.6 is 0 Å². The molecule has 1 aliphatic carbocycles. The first-order valence-electron chi connectivity index (χ1n) is 10.2. The molecule has 0 radical (unpaired) electrons. The molecule has 0 amide bonds. The summed E-state index contributed by atoms with van der Waals surface area (Å²) in [6.07, 6.45) is -2.57. The summed E-state index contributed by atoms with van der Waals surface area (Å²) in [5.41, 5.74) is 0.145.